The minimum atomic E-state index is -4.61. The highest BCUT2D eigenvalue weighted by Crippen LogP contribution is 2.39. The van der Waals surface area contributed by atoms with E-state index in [4.69, 9.17) is 0 Å². The third-order valence-corrected chi connectivity index (χ3v) is 9.19. The average molecular weight is 547 g/mol. The van der Waals surface area contributed by atoms with Gasteiger partial charge in [0.25, 0.3) is 0 Å². The molecule has 2 fully saturated rings. The van der Waals surface area contributed by atoms with Gasteiger partial charge in [-0.2, -0.15) is 13.2 Å². The summed E-state index contributed by atoms with van der Waals surface area (Å²) in [6.45, 7) is 2.26. The minimum absolute atomic E-state index is 0.205. The molecule has 39 heavy (non-hydrogen) atoms. The second kappa shape index (κ2) is 13.9. The van der Waals surface area contributed by atoms with Crippen LogP contribution in [0.25, 0.3) is 11.1 Å². The molecule has 0 atom stereocenters. The van der Waals surface area contributed by atoms with Crippen molar-refractivity contribution in [1.29, 1.82) is 0 Å². The van der Waals surface area contributed by atoms with Crippen molar-refractivity contribution in [3.05, 3.63) is 71.3 Å². The molecule has 0 amide bonds. The van der Waals surface area contributed by atoms with Gasteiger partial charge < -0.3 is 0 Å². The lowest BCUT2D eigenvalue weighted by atomic mass is 9.77. The third-order valence-electron chi connectivity index (χ3n) is 9.19. The van der Waals surface area contributed by atoms with Crippen LogP contribution in [0.15, 0.2) is 54.4 Å². The fourth-order valence-electron chi connectivity index (χ4n) is 6.71. The third kappa shape index (κ3) is 8.91. The van der Waals surface area contributed by atoms with Crippen LogP contribution in [0.1, 0.15) is 107 Å². The normalized spacial score (nSPS) is 24.6. The van der Waals surface area contributed by atoms with Crippen LogP contribution in [0.2, 0.25) is 0 Å². The summed E-state index contributed by atoms with van der Waals surface area (Å²) in [4.78, 5) is 0. The van der Waals surface area contributed by atoms with E-state index in [-0.39, 0.29) is 17.8 Å². The van der Waals surface area contributed by atoms with E-state index in [0.29, 0.717) is 43.6 Å². The first-order chi connectivity index (χ1) is 18.7. The summed E-state index contributed by atoms with van der Waals surface area (Å²) < 4.78 is 66.1. The van der Waals surface area contributed by atoms with Gasteiger partial charge in [-0.25, -0.2) is 8.78 Å². The summed E-state index contributed by atoms with van der Waals surface area (Å²) in [7, 11) is 0. The Morgan fingerprint density at radius 2 is 1.41 bits per heavy atom. The van der Waals surface area contributed by atoms with Gasteiger partial charge in [0, 0.05) is 5.92 Å². The number of allylic oxidation sites excluding steroid dienone is 2. The van der Waals surface area contributed by atoms with E-state index in [1.54, 1.807) is 6.07 Å². The number of halogens is 5. The van der Waals surface area contributed by atoms with Gasteiger partial charge in [0.05, 0.1) is 6.08 Å². The average Bonchev–Trinajstić information content (AvgIpc) is 2.92. The highest BCUT2D eigenvalue weighted by molar-refractivity contribution is 5.64. The Kier molecular flexibility index (Phi) is 10.7. The van der Waals surface area contributed by atoms with Crippen molar-refractivity contribution in [2.24, 2.45) is 17.8 Å². The maximum Gasteiger partial charge on any atom is 0.412 e. The second-order valence-electron chi connectivity index (χ2n) is 12.0. The summed E-state index contributed by atoms with van der Waals surface area (Å²) in [6.07, 6.45) is 9.29. The molecule has 0 bridgehead atoms. The zero-order valence-corrected chi connectivity index (χ0v) is 23.2. The number of unbranched alkanes of at least 4 members (excludes halogenated alkanes) is 2. The van der Waals surface area contributed by atoms with Gasteiger partial charge in [-0.05, 0) is 110 Å². The lowest BCUT2D eigenvalue weighted by molar-refractivity contribution is -0.0821. The summed E-state index contributed by atoms with van der Waals surface area (Å²) in [6, 6.07) is 14.1. The van der Waals surface area contributed by atoms with Gasteiger partial charge in [0.1, 0.15) is 11.6 Å². The number of aryl methyl sites for hydroxylation is 1. The molecule has 2 aromatic carbocycles. The molecule has 0 nitrogen and oxygen atoms in total. The maximum absolute atomic E-state index is 15.0. The Balaban J connectivity index is 1.25. The molecule has 5 heteroatoms. The molecular formula is C34H43F5. The van der Waals surface area contributed by atoms with E-state index in [9.17, 15) is 22.0 Å². The number of alkyl halides is 3. The summed E-state index contributed by atoms with van der Waals surface area (Å²) in [5.74, 6) is -0.0970. The Morgan fingerprint density at radius 3 is 2.03 bits per heavy atom. The van der Waals surface area contributed by atoms with E-state index in [1.807, 2.05) is 12.1 Å². The van der Waals surface area contributed by atoms with Gasteiger partial charge >= 0.3 is 6.18 Å². The Hall–Kier alpha value is -2.17. The SMILES string of the molecule is CCCCCC1CCC(c2ccc(-c3ccc(CCC4CCC(/C(F)=C/C(F)(F)F)CC4)c(F)c3)cc2)CC1. The van der Waals surface area contributed by atoms with Crippen molar-refractivity contribution in [3.63, 3.8) is 0 Å². The van der Waals surface area contributed by atoms with Crippen molar-refractivity contribution in [3.8, 4) is 11.1 Å². The minimum Gasteiger partial charge on any atom is -0.212 e. The van der Waals surface area contributed by atoms with Crippen molar-refractivity contribution < 1.29 is 22.0 Å². The largest absolute Gasteiger partial charge is 0.412 e. The first-order valence-electron chi connectivity index (χ1n) is 15.1. The number of hydrogen-bond donors (Lipinski definition) is 0. The van der Waals surface area contributed by atoms with Gasteiger partial charge in [-0.1, -0.05) is 69.0 Å². The van der Waals surface area contributed by atoms with Crippen LogP contribution in [-0.2, 0) is 6.42 Å². The Labute approximate surface area is 231 Å². The first-order valence-corrected chi connectivity index (χ1v) is 15.1. The standard InChI is InChI=1S/C34H43F5/c1-2-3-4-5-24-6-11-26(12-7-24)27-16-18-28(19-17-27)31-21-20-29(32(35)22-31)13-8-25-9-14-30(15-10-25)33(36)23-34(37,38)39/h16-26,30H,2-15H2,1H3/b33-23-. The van der Waals surface area contributed by atoms with Crippen molar-refractivity contribution in [2.75, 3.05) is 0 Å². The highest BCUT2D eigenvalue weighted by Gasteiger charge is 2.30. The predicted molar refractivity (Wildman–Crippen MR) is 150 cm³/mol. The fraction of sp³-hybridized carbons (Fsp3) is 0.588. The fourth-order valence-corrected chi connectivity index (χ4v) is 6.71. The van der Waals surface area contributed by atoms with Gasteiger partial charge in [-0.15, -0.1) is 0 Å². The first kappa shape index (κ1) is 29.8. The summed E-state index contributed by atoms with van der Waals surface area (Å²) in [5.41, 5.74) is 3.95. The Morgan fingerprint density at radius 1 is 0.795 bits per heavy atom. The van der Waals surface area contributed by atoms with Crippen LogP contribution in [0, 0.1) is 23.6 Å². The molecule has 2 saturated carbocycles. The quantitative estimate of drug-likeness (QED) is 0.205. The molecule has 0 radical (unpaired) electrons. The van der Waals surface area contributed by atoms with Crippen molar-refractivity contribution >= 4 is 0 Å². The topological polar surface area (TPSA) is 0 Å². The predicted octanol–water partition coefficient (Wildman–Crippen LogP) is 11.5. The van der Waals surface area contributed by atoms with E-state index >= 15 is 0 Å². The van der Waals surface area contributed by atoms with Crippen LogP contribution < -0.4 is 0 Å². The van der Waals surface area contributed by atoms with Gasteiger partial charge in [-0.3, -0.25) is 0 Å². The number of benzene rings is 2. The number of hydrogen-bond acceptors (Lipinski definition) is 0. The lowest BCUT2D eigenvalue weighted by Gasteiger charge is -2.29. The molecule has 0 aliphatic heterocycles. The van der Waals surface area contributed by atoms with Crippen LogP contribution in [0.3, 0.4) is 0 Å². The van der Waals surface area contributed by atoms with Gasteiger partial charge in [0.2, 0.25) is 0 Å². The molecule has 0 unspecified atom stereocenters. The molecule has 4 rings (SSSR count). The monoisotopic (exact) mass is 546 g/mol. The Bertz CT molecular complexity index is 1050. The van der Waals surface area contributed by atoms with E-state index in [1.165, 1.54) is 56.9 Å². The second-order valence-corrected chi connectivity index (χ2v) is 12.0. The molecule has 0 spiro atoms. The molecule has 214 valence electrons. The van der Waals surface area contributed by atoms with Crippen LogP contribution in [0.4, 0.5) is 22.0 Å². The molecule has 2 aromatic rings. The zero-order chi connectivity index (χ0) is 27.8. The molecule has 2 aliphatic rings. The highest BCUT2D eigenvalue weighted by atomic mass is 19.4. The summed E-state index contributed by atoms with van der Waals surface area (Å²) in [5, 5.41) is 0. The molecule has 0 heterocycles. The molecular weight excluding hydrogens is 503 g/mol. The number of rotatable bonds is 10. The van der Waals surface area contributed by atoms with E-state index in [2.05, 4.69) is 31.2 Å². The zero-order valence-electron chi connectivity index (χ0n) is 23.2. The van der Waals surface area contributed by atoms with Crippen LogP contribution >= 0.6 is 0 Å². The molecule has 2 aliphatic carbocycles. The van der Waals surface area contributed by atoms with Crippen LogP contribution in [0.5, 0.6) is 0 Å². The van der Waals surface area contributed by atoms with Crippen molar-refractivity contribution in [2.45, 2.75) is 109 Å². The molecule has 0 aromatic heterocycles. The summed E-state index contributed by atoms with van der Waals surface area (Å²) >= 11 is 0. The van der Waals surface area contributed by atoms with Crippen molar-refractivity contribution in [1.82, 2.24) is 0 Å². The van der Waals surface area contributed by atoms with Crippen LogP contribution in [-0.4, -0.2) is 6.18 Å². The van der Waals surface area contributed by atoms with Gasteiger partial charge in [0.15, 0.2) is 0 Å². The smallest absolute Gasteiger partial charge is 0.212 e. The lowest BCUT2D eigenvalue weighted by Crippen LogP contribution is -2.17. The molecule has 0 saturated heterocycles. The van der Waals surface area contributed by atoms with E-state index in [0.717, 1.165) is 23.5 Å². The molecule has 0 N–H and O–H groups in total. The van der Waals surface area contributed by atoms with E-state index < -0.39 is 17.9 Å². The maximum atomic E-state index is 15.0.